The van der Waals surface area contributed by atoms with E-state index in [1.807, 2.05) is 6.92 Å². The molecule has 0 bridgehead atoms. The van der Waals surface area contributed by atoms with Gasteiger partial charge < -0.3 is 0 Å². The van der Waals surface area contributed by atoms with Crippen molar-refractivity contribution in [3.63, 3.8) is 0 Å². The predicted octanol–water partition coefficient (Wildman–Crippen LogP) is 0.523. The number of rotatable bonds is 2. The molecule has 1 amide bonds. The smallest absolute Gasteiger partial charge is 0.236 e. The molecule has 0 saturated carbocycles. The molecule has 1 N–H and O–H groups in total. The SMILES string of the molecule is CCNN1CCCCC1=O. The van der Waals surface area contributed by atoms with Gasteiger partial charge in [0.05, 0.1) is 0 Å². The van der Waals surface area contributed by atoms with Gasteiger partial charge in [0, 0.05) is 19.5 Å². The van der Waals surface area contributed by atoms with Gasteiger partial charge in [0.1, 0.15) is 0 Å². The number of nitrogens with zero attached hydrogens (tertiary/aromatic N) is 1. The average Bonchev–Trinajstić information content (AvgIpc) is 1.94. The van der Waals surface area contributed by atoms with Crippen LogP contribution in [0.5, 0.6) is 0 Å². The lowest BCUT2D eigenvalue weighted by Gasteiger charge is -2.26. The van der Waals surface area contributed by atoms with Crippen LogP contribution in [0, 0.1) is 0 Å². The summed E-state index contributed by atoms with van der Waals surface area (Å²) in [5.74, 6) is 0.244. The molecule has 58 valence electrons. The van der Waals surface area contributed by atoms with Crippen molar-refractivity contribution >= 4 is 5.91 Å². The van der Waals surface area contributed by atoms with Gasteiger partial charge in [-0.15, -0.1) is 0 Å². The summed E-state index contributed by atoms with van der Waals surface area (Å²) in [6.07, 6.45) is 2.91. The number of nitrogens with one attached hydrogen (secondary N) is 1. The van der Waals surface area contributed by atoms with Crippen molar-refractivity contribution in [1.82, 2.24) is 10.4 Å². The van der Waals surface area contributed by atoms with Crippen LogP contribution in [0.1, 0.15) is 26.2 Å². The predicted molar refractivity (Wildman–Crippen MR) is 39.2 cm³/mol. The number of hydrogen-bond donors (Lipinski definition) is 1. The monoisotopic (exact) mass is 142 g/mol. The highest BCUT2D eigenvalue weighted by Gasteiger charge is 2.15. The first-order valence-electron chi connectivity index (χ1n) is 3.88. The highest BCUT2D eigenvalue weighted by atomic mass is 16.2. The van der Waals surface area contributed by atoms with Crippen LogP contribution in [0.25, 0.3) is 0 Å². The van der Waals surface area contributed by atoms with Crippen LogP contribution in [0.4, 0.5) is 0 Å². The van der Waals surface area contributed by atoms with E-state index in [0.717, 1.165) is 25.9 Å². The first-order chi connectivity index (χ1) is 4.84. The van der Waals surface area contributed by atoms with Gasteiger partial charge in [-0.3, -0.25) is 9.80 Å². The van der Waals surface area contributed by atoms with Crippen molar-refractivity contribution in [1.29, 1.82) is 0 Å². The molecule has 0 aromatic carbocycles. The van der Waals surface area contributed by atoms with Gasteiger partial charge in [-0.2, -0.15) is 0 Å². The number of amides is 1. The molecule has 3 heteroatoms. The zero-order valence-electron chi connectivity index (χ0n) is 6.39. The molecule has 1 aliphatic rings. The third-order valence-corrected chi connectivity index (χ3v) is 1.67. The third-order valence-electron chi connectivity index (χ3n) is 1.67. The molecule has 10 heavy (non-hydrogen) atoms. The summed E-state index contributed by atoms with van der Waals surface area (Å²) in [5, 5.41) is 1.73. The molecule has 1 fully saturated rings. The summed E-state index contributed by atoms with van der Waals surface area (Å²) in [6, 6.07) is 0. The Hall–Kier alpha value is -0.570. The maximum atomic E-state index is 11.0. The van der Waals surface area contributed by atoms with Gasteiger partial charge in [-0.1, -0.05) is 6.92 Å². The fraction of sp³-hybridized carbons (Fsp3) is 0.857. The van der Waals surface area contributed by atoms with Crippen LogP contribution in [0.3, 0.4) is 0 Å². The summed E-state index contributed by atoms with van der Waals surface area (Å²) in [7, 11) is 0. The summed E-state index contributed by atoms with van der Waals surface area (Å²) in [6.45, 7) is 3.72. The second kappa shape index (κ2) is 3.56. The standard InChI is InChI=1S/C7H14N2O/c1-2-8-9-6-4-3-5-7(9)10/h8H,2-6H2,1H3. The van der Waals surface area contributed by atoms with Crippen molar-refractivity contribution in [2.75, 3.05) is 13.1 Å². The number of carbonyl (C=O) groups excluding carboxylic acids is 1. The van der Waals surface area contributed by atoms with Crippen molar-refractivity contribution in [3.05, 3.63) is 0 Å². The number of hydrazine groups is 1. The minimum absolute atomic E-state index is 0.244. The zero-order valence-corrected chi connectivity index (χ0v) is 6.39. The van der Waals surface area contributed by atoms with Crippen molar-refractivity contribution in [3.8, 4) is 0 Å². The van der Waals surface area contributed by atoms with Gasteiger partial charge in [-0.05, 0) is 12.8 Å². The maximum Gasteiger partial charge on any atom is 0.236 e. The number of carbonyl (C=O) groups is 1. The quantitative estimate of drug-likeness (QED) is 0.609. The first kappa shape index (κ1) is 7.54. The van der Waals surface area contributed by atoms with E-state index in [4.69, 9.17) is 0 Å². The number of piperidine rings is 1. The van der Waals surface area contributed by atoms with Crippen LogP contribution < -0.4 is 5.43 Å². The van der Waals surface area contributed by atoms with Crippen molar-refractivity contribution < 1.29 is 4.79 Å². The average molecular weight is 142 g/mol. The second-order valence-corrected chi connectivity index (χ2v) is 2.51. The molecule has 0 radical (unpaired) electrons. The van der Waals surface area contributed by atoms with Crippen LogP contribution in [-0.4, -0.2) is 24.0 Å². The van der Waals surface area contributed by atoms with E-state index in [1.54, 1.807) is 5.01 Å². The molecule has 1 aliphatic heterocycles. The fourth-order valence-electron chi connectivity index (χ4n) is 1.16. The summed E-state index contributed by atoms with van der Waals surface area (Å²) < 4.78 is 0. The Balaban J connectivity index is 2.32. The van der Waals surface area contributed by atoms with Crippen LogP contribution in [0.2, 0.25) is 0 Å². The minimum atomic E-state index is 0.244. The minimum Gasteiger partial charge on any atom is -0.278 e. The topological polar surface area (TPSA) is 32.3 Å². The molecule has 0 spiro atoms. The third kappa shape index (κ3) is 1.70. The molecule has 1 saturated heterocycles. The summed E-state index contributed by atoms with van der Waals surface area (Å²) in [4.78, 5) is 11.0. The Morgan fingerprint density at radius 3 is 3.00 bits per heavy atom. The Kier molecular flexibility index (Phi) is 2.68. The Labute approximate surface area is 61.4 Å². The molecule has 0 aromatic rings. The van der Waals surface area contributed by atoms with Gasteiger partial charge in [0.25, 0.3) is 0 Å². The van der Waals surface area contributed by atoms with Gasteiger partial charge in [0.2, 0.25) is 5.91 Å². The normalized spacial score (nSPS) is 19.7. The molecule has 0 unspecified atom stereocenters. The molecule has 1 heterocycles. The largest absolute Gasteiger partial charge is 0.278 e. The summed E-state index contributed by atoms with van der Waals surface area (Å²) >= 11 is 0. The second-order valence-electron chi connectivity index (χ2n) is 2.51. The van der Waals surface area contributed by atoms with E-state index in [9.17, 15) is 4.79 Å². The van der Waals surface area contributed by atoms with Crippen LogP contribution in [-0.2, 0) is 4.79 Å². The molecule has 1 rings (SSSR count). The lowest BCUT2D eigenvalue weighted by Crippen LogP contribution is -2.45. The summed E-state index contributed by atoms with van der Waals surface area (Å²) in [5.41, 5.74) is 3.02. The molecule has 3 nitrogen and oxygen atoms in total. The molecule has 0 aliphatic carbocycles. The maximum absolute atomic E-state index is 11.0. The van der Waals surface area contributed by atoms with Crippen LogP contribution >= 0.6 is 0 Å². The molecular weight excluding hydrogens is 128 g/mol. The number of hydrogen-bond acceptors (Lipinski definition) is 2. The van der Waals surface area contributed by atoms with E-state index in [0.29, 0.717) is 6.42 Å². The lowest BCUT2D eigenvalue weighted by atomic mass is 10.1. The Morgan fingerprint density at radius 2 is 2.40 bits per heavy atom. The van der Waals surface area contributed by atoms with E-state index in [-0.39, 0.29) is 5.91 Å². The van der Waals surface area contributed by atoms with Crippen molar-refractivity contribution in [2.24, 2.45) is 0 Å². The van der Waals surface area contributed by atoms with Gasteiger partial charge >= 0.3 is 0 Å². The van der Waals surface area contributed by atoms with E-state index < -0.39 is 0 Å². The van der Waals surface area contributed by atoms with E-state index >= 15 is 0 Å². The van der Waals surface area contributed by atoms with Gasteiger partial charge in [-0.25, -0.2) is 5.43 Å². The van der Waals surface area contributed by atoms with Crippen molar-refractivity contribution in [2.45, 2.75) is 26.2 Å². The highest BCUT2D eigenvalue weighted by molar-refractivity contribution is 5.76. The van der Waals surface area contributed by atoms with E-state index in [2.05, 4.69) is 5.43 Å². The fourth-order valence-corrected chi connectivity index (χ4v) is 1.16. The lowest BCUT2D eigenvalue weighted by molar-refractivity contribution is -0.136. The zero-order chi connectivity index (χ0) is 7.40. The van der Waals surface area contributed by atoms with E-state index in [1.165, 1.54) is 0 Å². The van der Waals surface area contributed by atoms with Gasteiger partial charge in [0.15, 0.2) is 0 Å². The Morgan fingerprint density at radius 1 is 1.60 bits per heavy atom. The highest BCUT2D eigenvalue weighted by Crippen LogP contribution is 2.07. The Bertz CT molecular complexity index is 123. The molecular formula is C7H14N2O. The molecule has 0 aromatic heterocycles. The molecule has 0 atom stereocenters. The first-order valence-corrected chi connectivity index (χ1v) is 3.88. The van der Waals surface area contributed by atoms with Crippen LogP contribution in [0.15, 0.2) is 0 Å².